The summed E-state index contributed by atoms with van der Waals surface area (Å²) >= 11 is 0. The van der Waals surface area contributed by atoms with Crippen LogP contribution in [0.25, 0.3) is 0 Å². The average Bonchev–Trinajstić information content (AvgIpc) is 2.28. The SMILES string of the molecule is CC(CC=O)c1ccccc1OC1CN(C)C1. The van der Waals surface area contributed by atoms with Crippen LogP contribution in [0.2, 0.25) is 0 Å². The molecule has 1 heterocycles. The van der Waals surface area contributed by atoms with Crippen molar-refractivity contribution in [1.29, 1.82) is 0 Å². The van der Waals surface area contributed by atoms with Gasteiger partial charge in [-0.2, -0.15) is 0 Å². The highest BCUT2D eigenvalue weighted by molar-refractivity contribution is 5.52. The Balaban J connectivity index is 2.07. The van der Waals surface area contributed by atoms with Gasteiger partial charge in [-0.05, 0) is 24.6 Å². The number of aldehydes is 1. The molecule has 1 unspecified atom stereocenters. The third-order valence-electron chi connectivity index (χ3n) is 3.22. The summed E-state index contributed by atoms with van der Waals surface area (Å²) in [7, 11) is 2.08. The first-order chi connectivity index (χ1) is 8.20. The number of hydrogen-bond acceptors (Lipinski definition) is 3. The maximum absolute atomic E-state index is 10.6. The van der Waals surface area contributed by atoms with Crippen LogP contribution in [0.4, 0.5) is 0 Å². The zero-order chi connectivity index (χ0) is 12.3. The molecule has 92 valence electrons. The smallest absolute Gasteiger partial charge is 0.124 e. The van der Waals surface area contributed by atoms with Gasteiger partial charge in [0, 0.05) is 19.5 Å². The number of carbonyl (C=O) groups excluding carboxylic acids is 1. The summed E-state index contributed by atoms with van der Waals surface area (Å²) in [6.45, 7) is 4.02. The Hall–Kier alpha value is -1.35. The minimum atomic E-state index is 0.224. The topological polar surface area (TPSA) is 29.5 Å². The predicted octanol–water partition coefficient (Wildman–Crippen LogP) is 2.07. The van der Waals surface area contributed by atoms with Crippen molar-refractivity contribution in [3.05, 3.63) is 29.8 Å². The van der Waals surface area contributed by atoms with Crippen LogP contribution in [0.5, 0.6) is 5.75 Å². The van der Waals surface area contributed by atoms with Gasteiger partial charge in [-0.15, -0.1) is 0 Å². The summed E-state index contributed by atoms with van der Waals surface area (Å²) in [5, 5.41) is 0. The minimum Gasteiger partial charge on any atom is -0.487 e. The van der Waals surface area contributed by atoms with E-state index in [1.807, 2.05) is 24.3 Å². The molecule has 3 heteroatoms. The van der Waals surface area contributed by atoms with Crippen LogP contribution in [0.1, 0.15) is 24.8 Å². The molecule has 0 saturated carbocycles. The van der Waals surface area contributed by atoms with Crippen LogP contribution in [0.15, 0.2) is 24.3 Å². The van der Waals surface area contributed by atoms with Gasteiger partial charge in [-0.1, -0.05) is 25.1 Å². The van der Waals surface area contributed by atoms with E-state index in [9.17, 15) is 4.79 Å². The molecule has 17 heavy (non-hydrogen) atoms. The van der Waals surface area contributed by atoms with Gasteiger partial charge >= 0.3 is 0 Å². The molecule has 0 spiro atoms. The molecule has 0 aromatic heterocycles. The molecule has 0 radical (unpaired) electrons. The van der Waals surface area contributed by atoms with Gasteiger partial charge < -0.3 is 9.53 Å². The van der Waals surface area contributed by atoms with E-state index in [0.717, 1.165) is 30.7 Å². The minimum absolute atomic E-state index is 0.224. The van der Waals surface area contributed by atoms with Crippen LogP contribution >= 0.6 is 0 Å². The van der Waals surface area contributed by atoms with Crippen molar-refractivity contribution in [3.8, 4) is 5.75 Å². The maximum Gasteiger partial charge on any atom is 0.124 e. The molecule has 1 saturated heterocycles. The lowest BCUT2D eigenvalue weighted by Gasteiger charge is -2.36. The Bertz CT molecular complexity index is 386. The Kier molecular flexibility index (Phi) is 3.79. The van der Waals surface area contributed by atoms with Crippen LogP contribution in [-0.4, -0.2) is 37.4 Å². The number of likely N-dealkylation sites (tertiary alicyclic amines) is 1. The van der Waals surface area contributed by atoms with Crippen LogP contribution in [0.3, 0.4) is 0 Å². The first-order valence-corrected chi connectivity index (χ1v) is 6.08. The number of carbonyl (C=O) groups is 1. The second-order valence-corrected chi connectivity index (χ2v) is 4.80. The standard InChI is InChI=1S/C14H19NO2/c1-11(7-8-16)13-5-3-4-6-14(13)17-12-9-15(2)10-12/h3-6,8,11-12H,7,9-10H2,1-2H3. The highest BCUT2D eigenvalue weighted by Crippen LogP contribution is 2.29. The maximum atomic E-state index is 10.6. The fourth-order valence-electron chi connectivity index (χ4n) is 2.16. The van der Waals surface area contributed by atoms with Crippen LogP contribution in [-0.2, 0) is 4.79 Å². The fraction of sp³-hybridized carbons (Fsp3) is 0.500. The molecule has 1 aromatic carbocycles. The van der Waals surface area contributed by atoms with Gasteiger partial charge in [0.2, 0.25) is 0 Å². The van der Waals surface area contributed by atoms with Gasteiger partial charge in [-0.25, -0.2) is 0 Å². The number of benzene rings is 1. The van der Waals surface area contributed by atoms with Crippen LogP contribution in [0, 0.1) is 0 Å². The van der Waals surface area contributed by atoms with E-state index in [-0.39, 0.29) is 5.92 Å². The predicted molar refractivity (Wildman–Crippen MR) is 67.5 cm³/mol. The van der Waals surface area contributed by atoms with Crippen molar-refractivity contribution >= 4 is 6.29 Å². The highest BCUT2D eigenvalue weighted by Gasteiger charge is 2.25. The Morgan fingerprint density at radius 3 is 2.82 bits per heavy atom. The monoisotopic (exact) mass is 233 g/mol. The first kappa shape index (κ1) is 12.1. The van der Waals surface area contributed by atoms with E-state index in [1.165, 1.54) is 0 Å². The quantitative estimate of drug-likeness (QED) is 0.729. The Morgan fingerprint density at radius 2 is 2.18 bits per heavy atom. The van der Waals surface area contributed by atoms with Crippen molar-refractivity contribution in [2.75, 3.05) is 20.1 Å². The molecule has 1 aliphatic heterocycles. The van der Waals surface area contributed by atoms with Crippen molar-refractivity contribution in [2.24, 2.45) is 0 Å². The van der Waals surface area contributed by atoms with Crippen molar-refractivity contribution in [3.63, 3.8) is 0 Å². The molecule has 1 aromatic rings. The third-order valence-corrected chi connectivity index (χ3v) is 3.22. The lowest BCUT2D eigenvalue weighted by Crippen LogP contribution is -2.51. The number of nitrogens with zero attached hydrogens (tertiary/aromatic N) is 1. The number of hydrogen-bond donors (Lipinski definition) is 0. The zero-order valence-corrected chi connectivity index (χ0v) is 10.4. The summed E-state index contributed by atoms with van der Waals surface area (Å²) in [6.07, 6.45) is 1.81. The Labute approximate surface area is 102 Å². The number of rotatable bonds is 5. The van der Waals surface area contributed by atoms with Gasteiger partial charge in [-0.3, -0.25) is 4.90 Å². The summed E-state index contributed by atoms with van der Waals surface area (Å²) < 4.78 is 5.96. The van der Waals surface area contributed by atoms with Gasteiger partial charge in [0.05, 0.1) is 0 Å². The van der Waals surface area contributed by atoms with E-state index >= 15 is 0 Å². The summed E-state index contributed by atoms with van der Waals surface area (Å²) in [4.78, 5) is 12.8. The summed E-state index contributed by atoms with van der Waals surface area (Å²) in [5.41, 5.74) is 1.13. The van der Waals surface area contributed by atoms with E-state index in [4.69, 9.17) is 4.74 Å². The molecule has 0 bridgehead atoms. The summed E-state index contributed by atoms with van der Waals surface area (Å²) in [6, 6.07) is 8.02. The molecular weight excluding hydrogens is 214 g/mol. The molecule has 0 aliphatic carbocycles. The molecule has 3 nitrogen and oxygen atoms in total. The fourth-order valence-corrected chi connectivity index (χ4v) is 2.16. The number of ether oxygens (including phenoxy) is 1. The van der Waals surface area contributed by atoms with Crippen molar-refractivity contribution in [1.82, 2.24) is 4.90 Å². The van der Waals surface area contributed by atoms with Gasteiger partial charge in [0.25, 0.3) is 0 Å². The molecule has 1 atom stereocenters. The van der Waals surface area contributed by atoms with E-state index in [2.05, 4.69) is 18.9 Å². The largest absolute Gasteiger partial charge is 0.487 e. The average molecular weight is 233 g/mol. The van der Waals surface area contributed by atoms with E-state index in [1.54, 1.807) is 0 Å². The third kappa shape index (κ3) is 2.86. The molecule has 1 aliphatic rings. The first-order valence-electron chi connectivity index (χ1n) is 6.08. The molecule has 0 N–H and O–H groups in total. The molecule has 0 amide bonds. The second kappa shape index (κ2) is 5.32. The molecule has 1 fully saturated rings. The van der Waals surface area contributed by atoms with Gasteiger partial charge in [0.15, 0.2) is 0 Å². The number of para-hydroxylation sites is 1. The normalized spacial score (nSPS) is 18.5. The summed E-state index contributed by atoms with van der Waals surface area (Å²) in [5.74, 6) is 1.15. The Morgan fingerprint density at radius 1 is 1.47 bits per heavy atom. The molecular formula is C14H19NO2. The molecule has 2 rings (SSSR count). The lowest BCUT2D eigenvalue weighted by atomic mass is 9.97. The van der Waals surface area contributed by atoms with Gasteiger partial charge in [0.1, 0.15) is 18.1 Å². The highest BCUT2D eigenvalue weighted by atomic mass is 16.5. The zero-order valence-electron chi connectivity index (χ0n) is 10.4. The van der Waals surface area contributed by atoms with Crippen molar-refractivity contribution in [2.45, 2.75) is 25.4 Å². The van der Waals surface area contributed by atoms with E-state index in [0.29, 0.717) is 12.5 Å². The van der Waals surface area contributed by atoms with Crippen molar-refractivity contribution < 1.29 is 9.53 Å². The number of likely N-dealkylation sites (N-methyl/N-ethyl adjacent to an activating group) is 1. The van der Waals surface area contributed by atoms with E-state index < -0.39 is 0 Å². The lowest BCUT2D eigenvalue weighted by molar-refractivity contribution is -0.108. The van der Waals surface area contributed by atoms with Crippen LogP contribution < -0.4 is 4.74 Å². The second-order valence-electron chi connectivity index (χ2n) is 4.80.